The predicted molar refractivity (Wildman–Crippen MR) is 55.0 cm³/mol. The number of carbonyl (C=O) groups excluding carboxylic acids is 1. The van der Waals surface area contributed by atoms with Crippen LogP contribution in [0.15, 0.2) is 18.7 Å². The second-order valence-electron chi connectivity index (χ2n) is 3.62. The number of benzene rings is 1. The molecule has 0 saturated carbocycles. The van der Waals surface area contributed by atoms with E-state index in [-0.39, 0.29) is 5.97 Å². The quantitative estimate of drug-likeness (QED) is 0.633. The zero-order chi connectivity index (χ0) is 10.3. The molecule has 0 amide bonds. The van der Waals surface area contributed by atoms with Gasteiger partial charge in [0.2, 0.25) is 0 Å². The van der Waals surface area contributed by atoms with Crippen LogP contribution in [-0.2, 0) is 11.3 Å². The number of hydrogen-bond donors (Lipinski definition) is 0. The number of carbonyl (C=O) groups is 1. The molecule has 0 saturated heterocycles. The molecule has 0 N–H and O–H groups in total. The molecule has 1 aliphatic rings. The highest BCUT2D eigenvalue weighted by atomic mass is 16.5. The maximum absolute atomic E-state index is 11.3. The van der Waals surface area contributed by atoms with Crippen LogP contribution >= 0.6 is 0 Å². The average Bonchev–Trinajstić information content (AvgIpc) is 2.49. The van der Waals surface area contributed by atoms with Crippen LogP contribution in [0, 0.1) is 6.92 Å². The van der Waals surface area contributed by atoms with Crippen LogP contribution in [0.2, 0.25) is 0 Å². The monoisotopic (exact) mass is 188 g/mol. The highest BCUT2D eigenvalue weighted by Crippen LogP contribution is 2.28. The van der Waals surface area contributed by atoms with Crippen molar-refractivity contribution in [1.29, 1.82) is 0 Å². The summed E-state index contributed by atoms with van der Waals surface area (Å²) in [6, 6.07) is 3.75. The number of cyclic esters (lactones) is 1. The molecular formula is C12H12O2. The fourth-order valence-electron chi connectivity index (χ4n) is 1.81. The van der Waals surface area contributed by atoms with E-state index in [1.165, 1.54) is 0 Å². The Bertz CT molecular complexity index is 430. The summed E-state index contributed by atoms with van der Waals surface area (Å²) in [5, 5.41) is 0. The molecule has 0 fully saturated rings. The summed E-state index contributed by atoms with van der Waals surface area (Å²) in [5.74, 6) is -0.212. The van der Waals surface area contributed by atoms with Gasteiger partial charge in [0.05, 0.1) is 5.56 Å². The molecule has 0 bridgehead atoms. The van der Waals surface area contributed by atoms with Crippen LogP contribution in [0.3, 0.4) is 0 Å². The first-order valence-corrected chi connectivity index (χ1v) is 4.56. The zero-order valence-electron chi connectivity index (χ0n) is 8.39. The van der Waals surface area contributed by atoms with Gasteiger partial charge in [-0.1, -0.05) is 18.2 Å². The first kappa shape index (κ1) is 9.00. The van der Waals surface area contributed by atoms with E-state index in [1.807, 2.05) is 26.0 Å². The third-order valence-electron chi connectivity index (χ3n) is 2.63. The number of rotatable bonds is 1. The largest absolute Gasteiger partial charge is 0.457 e. The van der Waals surface area contributed by atoms with Crippen LogP contribution in [0.4, 0.5) is 0 Å². The average molecular weight is 188 g/mol. The Hall–Kier alpha value is -1.57. The fraction of sp³-hybridized carbons (Fsp3) is 0.250. The Kier molecular flexibility index (Phi) is 1.92. The summed E-state index contributed by atoms with van der Waals surface area (Å²) < 4.78 is 4.97. The molecular weight excluding hydrogens is 176 g/mol. The third kappa shape index (κ3) is 1.15. The maximum Gasteiger partial charge on any atom is 0.338 e. The van der Waals surface area contributed by atoms with Gasteiger partial charge in [0.15, 0.2) is 0 Å². The van der Waals surface area contributed by atoms with Crippen LogP contribution in [0.1, 0.15) is 34.0 Å². The smallest absolute Gasteiger partial charge is 0.338 e. The van der Waals surface area contributed by atoms with E-state index in [4.69, 9.17) is 4.74 Å². The highest BCUT2D eigenvalue weighted by Gasteiger charge is 2.23. The van der Waals surface area contributed by atoms with Crippen LogP contribution in [-0.4, -0.2) is 5.97 Å². The van der Waals surface area contributed by atoms with E-state index in [0.29, 0.717) is 12.2 Å². The van der Waals surface area contributed by atoms with Gasteiger partial charge < -0.3 is 4.74 Å². The van der Waals surface area contributed by atoms with Crippen molar-refractivity contribution in [1.82, 2.24) is 0 Å². The van der Waals surface area contributed by atoms with E-state index < -0.39 is 0 Å². The van der Waals surface area contributed by atoms with Gasteiger partial charge in [0.25, 0.3) is 0 Å². The molecule has 0 aromatic heterocycles. The maximum atomic E-state index is 11.3. The van der Waals surface area contributed by atoms with Gasteiger partial charge in [0.1, 0.15) is 6.61 Å². The van der Waals surface area contributed by atoms with Gasteiger partial charge in [-0.05, 0) is 31.0 Å². The summed E-state index contributed by atoms with van der Waals surface area (Å²) >= 11 is 0. The van der Waals surface area contributed by atoms with Gasteiger partial charge in [-0.2, -0.15) is 0 Å². The van der Waals surface area contributed by atoms with E-state index in [1.54, 1.807) is 0 Å². The lowest BCUT2D eigenvalue weighted by molar-refractivity contribution is 0.0535. The first-order chi connectivity index (χ1) is 6.61. The van der Waals surface area contributed by atoms with Gasteiger partial charge in [0, 0.05) is 5.56 Å². The summed E-state index contributed by atoms with van der Waals surface area (Å²) in [6.07, 6.45) is 0. The standard InChI is InChI=1S/C12H12O2/c1-7(2)9-4-5-10-11(8(9)3)6-14-12(10)13/h4-5H,1,6H2,2-3H3. The molecule has 2 nitrogen and oxygen atoms in total. The number of ether oxygens (including phenoxy) is 1. The van der Waals surface area contributed by atoms with Crippen LogP contribution < -0.4 is 0 Å². The molecule has 2 heteroatoms. The molecule has 0 aliphatic carbocycles. The minimum absolute atomic E-state index is 0.212. The summed E-state index contributed by atoms with van der Waals surface area (Å²) in [4.78, 5) is 11.3. The van der Waals surface area contributed by atoms with Crippen molar-refractivity contribution >= 4 is 11.5 Å². The minimum atomic E-state index is -0.212. The van der Waals surface area contributed by atoms with E-state index in [0.717, 1.165) is 22.3 Å². The molecule has 2 rings (SSSR count). The van der Waals surface area contributed by atoms with Gasteiger partial charge in [-0.3, -0.25) is 0 Å². The SMILES string of the molecule is C=C(C)c1ccc2c(c1C)COC2=O. The van der Waals surface area contributed by atoms with Crippen LogP contribution in [0.5, 0.6) is 0 Å². The molecule has 0 unspecified atom stereocenters. The first-order valence-electron chi connectivity index (χ1n) is 4.56. The normalized spacial score (nSPS) is 13.7. The lowest BCUT2D eigenvalue weighted by Crippen LogP contribution is -1.96. The Morgan fingerprint density at radius 2 is 2.21 bits per heavy atom. The predicted octanol–water partition coefficient (Wildman–Crippen LogP) is 2.70. The second-order valence-corrected chi connectivity index (χ2v) is 3.62. The number of esters is 1. The molecule has 1 heterocycles. The van der Waals surface area contributed by atoms with Gasteiger partial charge in [-0.15, -0.1) is 0 Å². The van der Waals surface area contributed by atoms with Crippen molar-refractivity contribution < 1.29 is 9.53 Å². The van der Waals surface area contributed by atoms with Crippen molar-refractivity contribution in [3.63, 3.8) is 0 Å². The Morgan fingerprint density at radius 3 is 2.86 bits per heavy atom. The topological polar surface area (TPSA) is 26.3 Å². The number of allylic oxidation sites excluding steroid dienone is 1. The third-order valence-corrected chi connectivity index (χ3v) is 2.63. The minimum Gasteiger partial charge on any atom is -0.457 e. The summed E-state index contributed by atoms with van der Waals surface area (Å²) in [6.45, 7) is 8.28. The molecule has 1 aromatic carbocycles. The fourth-order valence-corrected chi connectivity index (χ4v) is 1.81. The summed E-state index contributed by atoms with van der Waals surface area (Å²) in [7, 11) is 0. The van der Waals surface area contributed by atoms with Crippen molar-refractivity contribution in [3.05, 3.63) is 41.0 Å². The highest BCUT2D eigenvalue weighted by molar-refractivity contribution is 5.94. The molecule has 0 radical (unpaired) electrons. The lowest BCUT2D eigenvalue weighted by atomic mass is 9.95. The second kappa shape index (κ2) is 2.98. The van der Waals surface area contributed by atoms with Crippen molar-refractivity contribution in [2.45, 2.75) is 20.5 Å². The lowest BCUT2D eigenvalue weighted by Gasteiger charge is -2.07. The van der Waals surface area contributed by atoms with Crippen molar-refractivity contribution in [2.24, 2.45) is 0 Å². The molecule has 72 valence electrons. The van der Waals surface area contributed by atoms with Crippen molar-refractivity contribution in [3.8, 4) is 0 Å². The van der Waals surface area contributed by atoms with Crippen molar-refractivity contribution in [2.75, 3.05) is 0 Å². The van der Waals surface area contributed by atoms with E-state index >= 15 is 0 Å². The molecule has 1 aromatic rings. The number of fused-ring (bicyclic) bond motifs is 1. The molecule has 0 spiro atoms. The van der Waals surface area contributed by atoms with Gasteiger partial charge in [-0.25, -0.2) is 4.79 Å². The van der Waals surface area contributed by atoms with Crippen LogP contribution in [0.25, 0.3) is 5.57 Å². The Labute approximate surface area is 83.2 Å². The molecule has 14 heavy (non-hydrogen) atoms. The zero-order valence-corrected chi connectivity index (χ0v) is 8.39. The number of hydrogen-bond acceptors (Lipinski definition) is 2. The molecule has 1 aliphatic heterocycles. The Morgan fingerprint density at radius 1 is 1.50 bits per heavy atom. The van der Waals surface area contributed by atoms with Gasteiger partial charge >= 0.3 is 5.97 Å². The van der Waals surface area contributed by atoms with E-state index in [2.05, 4.69) is 6.58 Å². The Balaban J connectivity index is 2.64. The molecule has 0 atom stereocenters. The summed E-state index contributed by atoms with van der Waals surface area (Å²) in [5.41, 5.74) is 4.95. The van der Waals surface area contributed by atoms with E-state index in [9.17, 15) is 4.79 Å².